The van der Waals surface area contributed by atoms with E-state index in [-0.39, 0.29) is 0 Å². The molecule has 0 spiro atoms. The summed E-state index contributed by atoms with van der Waals surface area (Å²) < 4.78 is 0. The molecule has 0 heterocycles. The van der Waals surface area contributed by atoms with E-state index in [1.807, 2.05) is 0 Å². The van der Waals surface area contributed by atoms with Crippen LogP contribution in [0.2, 0.25) is 0 Å². The fourth-order valence-corrected chi connectivity index (χ4v) is 4.61. The van der Waals surface area contributed by atoms with Gasteiger partial charge in [-0.1, -0.05) is 46.5 Å². The standard InChI is InChI=1S/C19H33NO/c1-4-6-16-7-5-9-19(21,10-8-16)18(15-20)13-11-17(2,3)12-14-18/h16,21H,4-14H2,1-3H3. The minimum absolute atomic E-state index is 0.339. The predicted octanol–water partition coefficient (Wildman–Crippen LogP) is 5.21. The topological polar surface area (TPSA) is 44.0 Å². The van der Waals surface area contributed by atoms with Gasteiger partial charge >= 0.3 is 0 Å². The van der Waals surface area contributed by atoms with E-state index >= 15 is 0 Å². The summed E-state index contributed by atoms with van der Waals surface area (Å²) in [7, 11) is 0. The lowest BCUT2D eigenvalue weighted by Crippen LogP contribution is -2.50. The lowest BCUT2D eigenvalue weighted by atomic mass is 9.57. The minimum Gasteiger partial charge on any atom is -0.388 e. The summed E-state index contributed by atoms with van der Waals surface area (Å²) in [6.45, 7) is 6.84. The van der Waals surface area contributed by atoms with E-state index in [1.165, 1.54) is 19.3 Å². The van der Waals surface area contributed by atoms with Crippen molar-refractivity contribution in [2.45, 2.75) is 97.0 Å². The van der Waals surface area contributed by atoms with E-state index in [0.717, 1.165) is 57.3 Å². The third-order valence-corrected chi connectivity index (χ3v) is 6.43. The molecule has 2 fully saturated rings. The molecule has 2 saturated carbocycles. The first-order valence-corrected chi connectivity index (χ1v) is 9.00. The Morgan fingerprint density at radius 1 is 1.05 bits per heavy atom. The zero-order valence-electron chi connectivity index (χ0n) is 14.2. The van der Waals surface area contributed by atoms with Crippen LogP contribution in [0.15, 0.2) is 0 Å². The van der Waals surface area contributed by atoms with Gasteiger partial charge in [0, 0.05) is 0 Å². The first kappa shape index (κ1) is 16.8. The average molecular weight is 291 g/mol. The van der Waals surface area contributed by atoms with E-state index in [1.54, 1.807) is 0 Å². The Morgan fingerprint density at radius 2 is 1.71 bits per heavy atom. The summed E-state index contributed by atoms with van der Waals surface area (Å²) in [5.41, 5.74) is -0.878. The monoisotopic (exact) mass is 291 g/mol. The Kier molecular flexibility index (Phi) is 5.03. The summed E-state index contributed by atoms with van der Waals surface area (Å²) >= 11 is 0. The van der Waals surface area contributed by atoms with Gasteiger partial charge in [0.05, 0.1) is 17.1 Å². The van der Waals surface area contributed by atoms with Crippen LogP contribution in [0.25, 0.3) is 0 Å². The van der Waals surface area contributed by atoms with Crippen LogP contribution in [0, 0.1) is 28.1 Å². The largest absolute Gasteiger partial charge is 0.388 e. The molecule has 2 atom stereocenters. The van der Waals surface area contributed by atoms with Crippen molar-refractivity contribution >= 4 is 0 Å². The van der Waals surface area contributed by atoms with Crippen molar-refractivity contribution in [3.8, 4) is 6.07 Å². The number of nitrogens with zero attached hydrogens (tertiary/aromatic N) is 1. The van der Waals surface area contributed by atoms with E-state index < -0.39 is 11.0 Å². The second kappa shape index (κ2) is 6.29. The Bertz CT molecular complexity index is 385. The van der Waals surface area contributed by atoms with Gasteiger partial charge in [0.25, 0.3) is 0 Å². The van der Waals surface area contributed by atoms with Crippen LogP contribution in [0.3, 0.4) is 0 Å². The summed E-state index contributed by atoms with van der Waals surface area (Å²) in [5.74, 6) is 0.764. The second-order valence-electron chi connectivity index (χ2n) is 8.48. The molecule has 21 heavy (non-hydrogen) atoms. The average Bonchev–Trinajstić information content (AvgIpc) is 2.63. The highest BCUT2D eigenvalue weighted by atomic mass is 16.3. The van der Waals surface area contributed by atoms with Gasteiger partial charge in [-0.05, 0) is 56.3 Å². The third-order valence-electron chi connectivity index (χ3n) is 6.43. The Labute approximate surface area is 130 Å². The molecule has 2 unspecified atom stereocenters. The maximum absolute atomic E-state index is 11.4. The van der Waals surface area contributed by atoms with Crippen LogP contribution in [-0.4, -0.2) is 10.7 Å². The van der Waals surface area contributed by atoms with Gasteiger partial charge in [0.15, 0.2) is 0 Å². The van der Waals surface area contributed by atoms with E-state index in [2.05, 4.69) is 26.8 Å². The molecule has 1 N–H and O–H groups in total. The number of aliphatic hydroxyl groups is 1. The lowest BCUT2D eigenvalue weighted by molar-refractivity contribution is -0.0955. The molecule has 2 rings (SSSR count). The molecule has 120 valence electrons. The van der Waals surface area contributed by atoms with Gasteiger partial charge in [-0.3, -0.25) is 0 Å². The maximum atomic E-state index is 11.4. The minimum atomic E-state index is -0.735. The first-order chi connectivity index (χ1) is 9.86. The number of hydrogen-bond donors (Lipinski definition) is 1. The molecular formula is C19H33NO. The molecule has 2 heteroatoms. The van der Waals surface area contributed by atoms with E-state index in [4.69, 9.17) is 0 Å². The van der Waals surface area contributed by atoms with Crippen LogP contribution in [0.4, 0.5) is 0 Å². The number of hydrogen-bond acceptors (Lipinski definition) is 2. The van der Waals surface area contributed by atoms with Crippen LogP contribution >= 0.6 is 0 Å². The Morgan fingerprint density at radius 3 is 2.29 bits per heavy atom. The Hall–Kier alpha value is -0.550. The normalized spacial score (nSPS) is 35.7. The molecule has 0 aliphatic heterocycles. The first-order valence-electron chi connectivity index (χ1n) is 9.00. The smallest absolute Gasteiger partial charge is 0.0860 e. The number of nitriles is 1. The highest BCUT2D eigenvalue weighted by Crippen LogP contribution is 2.54. The highest BCUT2D eigenvalue weighted by Gasteiger charge is 2.53. The summed E-state index contributed by atoms with van der Waals surface area (Å²) in [5, 5.41) is 21.2. The highest BCUT2D eigenvalue weighted by molar-refractivity contribution is 5.14. The maximum Gasteiger partial charge on any atom is 0.0860 e. The van der Waals surface area contributed by atoms with E-state index in [0.29, 0.717) is 5.41 Å². The Balaban J connectivity index is 2.12. The van der Waals surface area contributed by atoms with Crippen molar-refractivity contribution in [2.24, 2.45) is 16.7 Å². The van der Waals surface area contributed by atoms with Gasteiger partial charge < -0.3 is 5.11 Å². The van der Waals surface area contributed by atoms with Crippen LogP contribution in [0.1, 0.15) is 91.4 Å². The van der Waals surface area contributed by atoms with Gasteiger partial charge in [-0.15, -0.1) is 0 Å². The summed E-state index contributed by atoms with van der Waals surface area (Å²) in [4.78, 5) is 0. The van der Waals surface area contributed by atoms with Crippen LogP contribution in [0.5, 0.6) is 0 Å². The molecular weight excluding hydrogens is 258 g/mol. The second-order valence-corrected chi connectivity index (χ2v) is 8.48. The van der Waals surface area contributed by atoms with Crippen molar-refractivity contribution in [3.05, 3.63) is 0 Å². The van der Waals surface area contributed by atoms with Crippen molar-refractivity contribution < 1.29 is 5.11 Å². The number of rotatable bonds is 3. The summed E-state index contributed by atoms with van der Waals surface area (Å²) in [6, 6.07) is 2.59. The molecule has 0 saturated heterocycles. The van der Waals surface area contributed by atoms with Crippen molar-refractivity contribution in [1.29, 1.82) is 5.26 Å². The summed E-state index contributed by atoms with van der Waals surface area (Å²) in [6.07, 6.45) is 11.5. The lowest BCUT2D eigenvalue weighted by Gasteiger charge is -2.48. The molecule has 0 aromatic heterocycles. The molecule has 0 amide bonds. The molecule has 0 aromatic rings. The van der Waals surface area contributed by atoms with Crippen LogP contribution < -0.4 is 0 Å². The molecule has 0 radical (unpaired) electrons. The van der Waals surface area contributed by atoms with Gasteiger partial charge in [-0.2, -0.15) is 5.26 Å². The van der Waals surface area contributed by atoms with Crippen LogP contribution in [-0.2, 0) is 0 Å². The van der Waals surface area contributed by atoms with Crippen molar-refractivity contribution in [1.82, 2.24) is 0 Å². The zero-order valence-corrected chi connectivity index (χ0v) is 14.2. The third kappa shape index (κ3) is 3.45. The molecule has 2 nitrogen and oxygen atoms in total. The van der Waals surface area contributed by atoms with Crippen molar-refractivity contribution in [3.63, 3.8) is 0 Å². The van der Waals surface area contributed by atoms with Gasteiger partial charge in [0.1, 0.15) is 0 Å². The molecule has 0 bridgehead atoms. The fraction of sp³-hybridized carbons (Fsp3) is 0.947. The predicted molar refractivity (Wildman–Crippen MR) is 86.7 cm³/mol. The SMILES string of the molecule is CCCC1CCCC(O)(C2(C#N)CCC(C)(C)CC2)CC1. The molecule has 2 aliphatic carbocycles. The van der Waals surface area contributed by atoms with Gasteiger partial charge in [-0.25, -0.2) is 0 Å². The quantitative estimate of drug-likeness (QED) is 0.725. The molecule has 0 aromatic carbocycles. The fourth-order valence-electron chi connectivity index (χ4n) is 4.61. The molecule has 2 aliphatic rings. The van der Waals surface area contributed by atoms with Crippen molar-refractivity contribution in [2.75, 3.05) is 0 Å². The van der Waals surface area contributed by atoms with Gasteiger partial charge in [0.2, 0.25) is 0 Å². The zero-order chi connectivity index (χ0) is 15.6. The van der Waals surface area contributed by atoms with E-state index in [9.17, 15) is 10.4 Å².